The van der Waals surface area contributed by atoms with E-state index in [0.717, 1.165) is 33.3 Å². The molecule has 2 saturated heterocycles. The van der Waals surface area contributed by atoms with Gasteiger partial charge < -0.3 is 20.1 Å². The average Bonchev–Trinajstić information content (AvgIpc) is 3.46. The zero-order valence-electron chi connectivity index (χ0n) is 24.5. The number of carbonyl (C=O) groups excluding carboxylic acids is 6. The van der Waals surface area contributed by atoms with Gasteiger partial charge in [0.05, 0.1) is 35.4 Å². The number of rotatable bonds is 10. The summed E-state index contributed by atoms with van der Waals surface area (Å²) in [5, 5.41) is 4.01. The molecule has 3 aromatic carbocycles. The molecule has 0 atom stereocenters. The monoisotopic (exact) mass is 658 g/mol. The Morgan fingerprint density at radius 3 is 1.35 bits per heavy atom. The van der Waals surface area contributed by atoms with Crippen molar-refractivity contribution in [3.05, 3.63) is 93.7 Å². The first-order chi connectivity index (χ1) is 22.1. The molecule has 5 rings (SSSR count). The summed E-state index contributed by atoms with van der Waals surface area (Å²) in [5.41, 5.74) is 1.74. The van der Waals surface area contributed by atoms with Crippen molar-refractivity contribution in [1.82, 2.24) is 9.80 Å². The van der Waals surface area contributed by atoms with Gasteiger partial charge in [-0.1, -0.05) is 36.4 Å². The molecule has 2 N–H and O–H groups in total. The third-order valence-electron chi connectivity index (χ3n) is 6.65. The van der Waals surface area contributed by atoms with Crippen molar-refractivity contribution >= 4 is 81.2 Å². The molecule has 0 saturated carbocycles. The number of carbonyl (C=O) groups is 6. The summed E-state index contributed by atoms with van der Waals surface area (Å²) in [6.07, 6.45) is 3.11. The first kappa shape index (κ1) is 32.1. The number of benzene rings is 3. The molecule has 14 heteroatoms. The molecule has 2 aliphatic rings. The molecule has 0 aliphatic carbocycles. The van der Waals surface area contributed by atoms with Crippen LogP contribution in [0.25, 0.3) is 12.2 Å². The van der Waals surface area contributed by atoms with Crippen molar-refractivity contribution in [2.45, 2.75) is 0 Å². The van der Waals surface area contributed by atoms with E-state index in [9.17, 15) is 28.8 Å². The number of hydrogen-bond acceptors (Lipinski definition) is 10. The molecule has 0 radical (unpaired) electrons. The molecular formula is C32H26N4O8S2. The van der Waals surface area contributed by atoms with Gasteiger partial charge in [0.15, 0.2) is 0 Å². The number of nitrogens with zero attached hydrogens (tertiary/aromatic N) is 2. The van der Waals surface area contributed by atoms with E-state index in [-0.39, 0.29) is 21.2 Å². The summed E-state index contributed by atoms with van der Waals surface area (Å²) in [5.74, 6) is -1.29. The summed E-state index contributed by atoms with van der Waals surface area (Å²) >= 11 is 1.45. The Bertz CT molecular complexity index is 1660. The average molecular weight is 659 g/mol. The van der Waals surface area contributed by atoms with Crippen LogP contribution >= 0.6 is 23.5 Å². The highest BCUT2D eigenvalue weighted by molar-refractivity contribution is 8.18. The molecule has 3 aromatic rings. The van der Waals surface area contributed by atoms with Gasteiger partial charge in [0.1, 0.15) is 24.6 Å². The molecule has 234 valence electrons. The van der Waals surface area contributed by atoms with E-state index < -0.39 is 47.2 Å². The third-order valence-corrected chi connectivity index (χ3v) is 8.47. The number of ether oxygens (including phenoxy) is 2. The first-order valence-corrected chi connectivity index (χ1v) is 15.3. The maximum atomic E-state index is 12.9. The van der Waals surface area contributed by atoms with Gasteiger partial charge in [-0.15, -0.1) is 0 Å². The second-order valence-corrected chi connectivity index (χ2v) is 11.7. The Balaban J connectivity index is 1.19. The fourth-order valence-electron chi connectivity index (χ4n) is 4.34. The SMILES string of the molecule is COc1ccc(/C=C2\SC(=O)N(CC(=O)Nc3ccccc3NC(=O)CN3C(=O)S/C(=C/c4ccc(OC)cc4)C3=O)C2=O)cc1. The van der Waals surface area contributed by atoms with Gasteiger partial charge in [0.25, 0.3) is 22.3 Å². The minimum absolute atomic E-state index is 0.168. The van der Waals surface area contributed by atoms with Gasteiger partial charge in [-0.25, -0.2) is 0 Å². The zero-order chi connectivity index (χ0) is 32.8. The molecule has 12 nitrogen and oxygen atoms in total. The Morgan fingerprint density at radius 1 is 0.630 bits per heavy atom. The van der Waals surface area contributed by atoms with Crippen LogP contribution in [0.2, 0.25) is 0 Å². The number of thioether (sulfide) groups is 2. The molecule has 0 spiro atoms. The lowest BCUT2D eigenvalue weighted by atomic mass is 10.2. The Morgan fingerprint density at radius 2 is 1.00 bits per heavy atom. The standard InChI is InChI=1S/C32H26N4O8S2/c1-43-21-11-7-19(8-12-21)15-25-29(39)35(31(41)45-25)17-27(37)33-23-5-3-4-6-24(23)34-28(38)18-36-30(40)26(46-32(36)42)16-20-9-13-22(44-2)14-10-20/h3-16H,17-18H2,1-2H3,(H,33,37)(H,34,38)/b25-15-,26-16+. The predicted molar refractivity (Wildman–Crippen MR) is 175 cm³/mol. The van der Waals surface area contributed by atoms with Crippen LogP contribution in [0.15, 0.2) is 82.6 Å². The van der Waals surface area contributed by atoms with Crippen LogP contribution in [0.1, 0.15) is 11.1 Å². The fourth-order valence-corrected chi connectivity index (χ4v) is 6.02. The molecule has 6 amide bonds. The number of amides is 6. The van der Waals surface area contributed by atoms with Crippen LogP contribution in [-0.4, -0.2) is 71.2 Å². The molecule has 2 fully saturated rings. The van der Waals surface area contributed by atoms with Gasteiger partial charge in [-0.3, -0.25) is 38.6 Å². The highest BCUT2D eigenvalue weighted by Gasteiger charge is 2.37. The van der Waals surface area contributed by atoms with E-state index in [1.807, 2.05) is 0 Å². The van der Waals surface area contributed by atoms with Gasteiger partial charge in [-0.2, -0.15) is 0 Å². The number of anilines is 2. The molecular weight excluding hydrogens is 633 g/mol. The largest absolute Gasteiger partial charge is 0.497 e. The van der Waals surface area contributed by atoms with Crippen molar-refractivity contribution < 1.29 is 38.2 Å². The number of hydrogen-bond donors (Lipinski definition) is 2. The van der Waals surface area contributed by atoms with Crippen LogP contribution in [0.3, 0.4) is 0 Å². The lowest BCUT2D eigenvalue weighted by molar-refractivity contribution is -0.127. The lowest BCUT2D eigenvalue weighted by Gasteiger charge is -2.16. The lowest BCUT2D eigenvalue weighted by Crippen LogP contribution is -2.37. The summed E-state index contributed by atoms with van der Waals surface area (Å²) in [6.45, 7) is -1.10. The van der Waals surface area contributed by atoms with Gasteiger partial charge in [-0.05, 0) is 83.2 Å². The molecule has 2 heterocycles. The normalized spacial score (nSPS) is 16.4. The van der Waals surface area contributed by atoms with Crippen LogP contribution in [0.5, 0.6) is 11.5 Å². The van der Waals surface area contributed by atoms with Crippen molar-refractivity contribution in [2.24, 2.45) is 0 Å². The highest BCUT2D eigenvalue weighted by atomic mass is 32.2. The minimum Gasteiger partial charge on any atom is -0.497 e. The third kappa shape index (κ3) is 7.47. The minimum atomic E-state index is -0.677. The molecule has 0 aromatic heterocycles. The second kappa shape index (κ2) is 14.2. The Kier molecular flexibility index (Phi) is 9.88. The van der Waals surface area contributed by atoms with E-state index in [1.54, 1.807) is 72.8 Å². The van der Waals surface area contributed by atoms with Crippen LogP contribution in [-0.2, 0) is 19.2 Å². The van der Waals surface area contributed by atoms with Gasteiger partial charge in [0, 0.05) is 0 Å². The van der Waals surface area contributed by atoms with E-state index in [1.165, 1.54) is 26.4 Å². The molecule has 2 aliphatic heterocycles. The van der Waals surface area contributed by atoms with E-state index in [4.69, 9.17) is 9.47 Å². The summed E-state index contributed by atoms with van der Waals surface area (Å²) in [6, 6.07) is 20.1. The zero-order valence-corrected chi connectivity index (χ0v) is 26.1. The van der Waals surface area contributed by atoms with E-state index in [2.05, 4.69) is 10.6 Å². The molecule has 0 bridgehead atoms. The summed E-state index contributed by atoms with van der Waals surface area (Å²) in [4.78, 5) is 78.7. The quantitative estimate of drug-likeness (QED) is 0.283. The Labute approximate surface area is 271 Å². The number of nitrogens with one attached hydrogen (secondary N) is 2. The van der Waals surface area contributed by atoms with Crippen LogP contribution in [0.4, 0.5) is 21.0 Å². The van der Waals surface area contributed by atoms with E-state index >= 15 is 0 Å². The van der Waals surface area contributed by atoms with Crippen LogP contribution in [0, 0.1) is 0 Å². The molecule has 0 unspecified atom stereocenters. The smallest absolute Gasteiger partial charge is 0.294 e. The second-order valence-electron chi connectivity index (χ2n) is 9.72. The summed E-state index contributed by atoms with van der Waals surface area (Å²) < 4.78 is 10.2. The number of imide groups is 2. The maximum absolute atomic E-state index is 12.9. The van der Waals surface area contributed by atoms with Crippen molar-refractivity contribution in [3.63, 3.8) is 0 Å². The summed E-state index contributed by atoms with van der Waals surface area (Å²) in [7, 11) is 3.07. The predicted octanol–water partition coefficient (Wildman–Crippen LogP) is 5.05. The highest BCUT2D eigenvalue weighted by Crippen LogP contribution is 2.34. The number of methoxy groups -OCH3 is 2. The number of para-hydroxylation sites is 2. The van der Waals surface area contributed by atoms with Crippen molar-refractivity contribution in [1.29, 1.82) is 0 Å². The maximum Gasteiger partial charge on any atom is 0.294 e. The molecule has 46 heavy (non-hydrogen) atoms. The van der Waals surface area contributed by atoms with Gasteiger partial charge in [0.2, 0.25) is 11.8 Å². The van der Waals surface area contributed by atoms with Gasteiger partial charge >= 0.3 is 0 Å². The van der Waals surface area contributed by atoms with E-state index in [0.29, 0.717) is 22.6 Å². The first-order valence-electron chi connectivity index (χ1n) is 13.6. The Hall–Kier alpha value is -5.34. The van der Waals surface area contributed by atoms with Crippen molar-refractivity contribution in [2.75, 3.05) is 37.9 Å². The van der Waals surface area contributed by atoms with Crippen LogP contribution < -0.4 is 20.1 Å². The topological polar surface area (TPSA) is 151 Å². The van der Waals surface area contributed by atoms with Crippen molar-refractivity contribution in [3.8, 4) is 11.5 Å². The fraction of sp³-hybridized carbons (Fsp3) is 0.125.